The first-order chi connectivity index (χ1) is 26.6. The molecule has 3 aromatic carbocycles. The van der Waals surface area contributed by atoms with Gasteiger partial charge in [0.15, 0.2) is 0 Å². The number of anilines is 1. The topological polar surface area (TPSA) is 169 Å². The molecular formula is C42H59N7O6S. The Hall–Kier alpha value is -4.79. The van der Waals surface area contributed by atoms with E-state index in [2.05, 4.69) is 33.5 Å². The number of carbonyl (C=O) groups excluding carboxylic acids is 4. The van der Waals surface area contributed by atoms with E-state index in [9.17, 15) is 27.6 Å². The van der Waals surface area contributed by atoms with Crippen LogP contribution in [-0.2, 0) is 26.2 Å². The molecule has 0 aliphatic carbocycles. The third-order valence-corrected chi connectivity index (χ3v) is 12.1. The molecule has 1 heterocycles. The molecule has 0 aromatic heterocycles. The fourth-order valence-corrected chi connectivity index (χ4v) is 7.92. The second kappa shape index (κ2) is 20.4. The van der Waals surface area contributed by atoms with Gasteiger partial charge in [-0.3, -0.25) is 23.5 Å². The zero-order valence-electron chi connectivity index (χ0n) is 33.7. The largest absolute Gasteiger partial charge is 0.355 e. The molecule has 1 aliphatic heterocycles. The van der Waals surface area contributed by atoms with E-state index in [0.717, 1.165) is 28.3 Å². The summed E-state index contributed by atoms with van der Waals surface area (Å²) in [5, 5.41) is 14.9. The molecule has 4 rings (SSSR count). The maximum Gasteiger partial charge on any atom is 0.303 e. The minimum Gasteiger partial charge on any atom is -0.355 e. The predicted molar refractivity (Wildman–Crippen MR) is 220 cm³/mol. The fraction of sp³-hybridized carbons (Fsp3) is 0.476. The molecule has 0 saturated carbocycles. The Morgan fingerprint density at radius 2 is 1.38 bits per heavy atom. The lowest BCUT2D eigenvalue weighted by atomic mass is 10.0. The van der Waals surface area contributed by atoms with Crippen molar-refractivity contribution in [3.63, 3.8) is 0 Å². The maximum atomic E-state index is 14.2. The van der Waals surface area contributed by atoms with Crippen molar-refractivity contribution in [2.75, 3.05) is 37.5 Å². The molecule has 4 atom stereocenters. The lowest BCUT2D eigenvalue weighted by Crippen LogP contribution is -2.55. The molecule has 0 radical (unpaired) electrons. The van der Waals surface area contributed by atoms with Crippen molar-refractivity contribution in [2.45, 2.75) is 85.0 Å². The number of benzene rings is 3. The lowest BCUT2D eigenvalue weighted by Gasteiger charge is -2.33. The SMILES string of the molecule is CCNC(=O)[C@@H](NC(=O)[C@H](C)NC[C@H](Cc1ccccc1)NC(=O)c1cc(C(=O)N[C@H](C)c2ccccc2)cc(N(C)S(=O)(=O)N2CCC(C)CC2)c1)C(C)C. The smallest absolute Gasteiger partial charge is 0.303 e. The van der Waals surface area contributed by atoms with Gasteiger partial charge in [0.05, 0.1) is 17.8 Å². The Bertz CT molecular complexity index is 1890. The Morgan fingerprint density at radius 3 is 1.95 bits per heavy atom. The minimum absolute atomic E-state index is 0.0971. The number of hydrogen-bond donors (Lipinski definition) is 5. The summed E-state index contributed by atoms with van der Waals surface area (Å²) < 4.78 is 30.3. The van der Waals surface area contributed by atoms with Crippen molar-refractivity contribution >= 4 is 39.5 Å². The van der Waals surface area contributed by atoms with Gasteiger partial charge in [0.1, 0.15) is 6.04 Å². The van der Waals surface area contributed by atoms with E-state index in [4.69, 9.17) is 0 Å². The standard InChI is InChI=1S/C42H59N7O6S/c1-8-43-42(53)38(28(2)3)47-39(50)31(6)44-27-36(23-32-15-11-9-12-16-32)46-41(52)35-24-34(40(51)45-30(5)33-17-13-10-14-18-33)25-37(26-35)48(7)56(54,55)49-21-19-29(4)20-22-49/h9-18,24-26,28-31,36,38,44H,8,19-23,27H2,1-7H3,(H,43,53)(H,45,51)(H,46,52)(H,47,50)/t30-,31+,36+,38+/m1/s1. The molecular weight excluding hydrogens is 731 g/mol. The van der Waals surface area contributed by atoms with Crippen molar-refractivity contribution < 1.29 is 27.6 Å². The van der Waals surface area contributed by atoms with E-state index >= 15 is 0 Å². The van der Waals surface area contributed by atoms with Gasteiger partial charge in [0, 0.05) is 50.4 Å². The fourth-order valence-electron chi connectivity index (χ4n) is 6.53. The summed E-state index contributed by atoms with van der Waals surface area (Å²) in [6.07, 6.45) is 1.89. The average Bonchev–Trinajstić information content (AvgIpc) is 3.18. The quantitative estimate of drug-likeness (QED) is 0.129. The number of hydrogen-bond acceptors (Lipinski definition) is 7. The van der Waals surface area contributed by atoms with Crippen LogP contribution in [0.3, 0.4) is 0 Å². The van der Waals surface area contributed by atoms with Crippen LogP contribution in [0, 0.1) is 11.8 Å². The molecule has 0 bridgehead atoms. The number of rotatable bonds is 18. The van der Waals surface area contributed by atoms with E-state index in [-0.39, 0.29) is 47.1 Å². The van der Waals surface area contributed by atoms with Crippen LogP contribution in [0.5, 0.6) is 0 Å². The van der Waals surface area contributed by atoms with Gasteiger partial charge in [-0.25, -0.2) is 0 Å². The van der Waals surface area contributed by atoms with E-state index in [1.54, 1.807) is 6.92 Å². The number of carbonyl (C=O) groups is 4. The number of likely N-dealkylation sites (N-methyl/N-ethyl adjacent to an activating group) is 1. The normalized spacial score (nSPS) is 15.9. The summed E-state index contributed by atoms with van der Waals surface area (Å²) >= 11 is 0. The van der Waals surface area contributed by atoms with E-state index in [0.29, 0.717) is 32.0 Å². The third-order valence-electron chi connectivity index (χ3n) is 10.2. The zero-order chi connectivity index (χ0) is 41.0. The average molecular weight is 790 g/mol. The highest BCUT2D eigenvalue weighted by molar-refractivity contribution is 7.90. The number of amides is 4. The highest BCUT2D eigenvalue weighted by atomic mass is 32.2. The number of nitrogens with one attached hydrogen (secondary N) is 5. The van der Waals surface area contributed by atoms with Gasteiger partial charge >= 0.3 is 10.2 Å². The van der Waals surface area contributed by atoms with Crippen molar-refractivity contribution in [3.8, 4) is 0 Å². The first-order valence-electron chi connectivity index (χ1n) is 19.5. The molecule has 5 N–H and O–H groups in total. The predicted octanol–water partition coefficient (Wildman–Crippen LogP) is 4.19. The van der Waals surface area contributed by atoms with Crippen LogP contribution < -0.4 is 30.9 Å². The molecule has 0 unspecified atom stereocenters. The van der Waals surface area contributed by atoms with Gasteiger partial charge in [0.25, 0.3) is 11.8 Å². The minimum atomic E-state index is -3.97. The summed E-state index contributed by atoms with van der Waals surface area (Å²) in [4.78, 5) is 53.8. The highest BCUT2D eigenvalue weighted by Crippen LogP contribution is 2.27. The molecule has 56 heavy (non-hydrogen) atoms. The van der Waals surface area contributed by atoms with Gasteiger partial charge in [-0.05, 0) is 81.2 Å². The van der Waals surface area contributed by atoms with Gasteiger partial charge in [0.2, 0.25) is 11.8 Å². The van der Waals surface area contributed by atoms with Gasteiger partial charge in [-0.2, -0.15) is 12.7 Å². The first kappa shape index (κ1) is 43.9. The van der Waals surface area contributed by atoms with E-state index < -0.39 is 40.1 Å². The number of nitrogens with zero attached hydrogens (tertiary/aromatic N) is 2. The third kappa shape index (κ3) is 12.1. The van der Waals surface area contributed by atoms with Crippen molar-refractivity contribution in [3.05, 3.63) is 101 Å². The Balaban J connectivity index is 1.61. The van der Waals surface area contributed by atoms with Crippen LogP contribution in [0.4, 0.5) is 5.69 Å². The summed E-state index contributed by atoms with van der Waals surface area (Å²) in [6, 6.07) is 21.1. The Kier molecular flexibility index (Phi) is 16.0. The van der Waals surface area contributed by atoms with Gasteiger partial charge < -0.3 is 26.6 Å². The Labute approximate surface area is 332 Å². The second-order valence-corrected chi connectivity index (χ2v) is 17.0. The van der Waals surface area contributed by atoms with Crippen molar-refractivity contribution in [1.82, 2.24) is 30.9 Å². The highest BCUT2D eigenvalue weighted by Gasteiger charge is 2.32. The maximum absolute atomic E-state index is 14.2. The molecule has 1 aliphatic rings. The molecule has 4 amide bonds. The summed E-state index contributed by atoms with van der Waals surface area (Å²) in [6.45, 7) is 12.6. The summed E-state index contributed by atoms with van der Waals surface area (Å²) in [5.41, 5.74) is 2.22. The first-order valence-corrected chi connectivity index (χ1v) is 20.9. The molecule has 1 saturated heterocycles. The molecule has 0 spiro atoms. The summed E-state index contributed by atoms with van der Waals surface area (Å²) in [7, 11) is -2.54. The zero-order valence-corrected chi connectivity index (χ0v) is 34.5. The molecule has 14 heteroatoms. The van der Waals surface area contributed by atoms with Crippen LogP contribution in [0.15, 0.2) is 78.9 Å². The van der Waals surface area contributed by atoms with Crippen LogP contribution in [0.2, 0.25) is 0 Å². The van der Waals surface area contributed by atoms with Crippen LogP contribution in [-0.4, -0.2) is 87.7 Å². The van der Waals surface area contributed by atoms with Crippen molar-refractivity contribution in [1.29, 1.82) is 0 Å². The second-order valence-electron chi connectivity index (χ2n) is 15.0. The van der Waals surface area contributed by atoms with Crippen LogP contribution in [0.1, 0.15) is 92.3 Å². The molecule has 1 fully saturated rings. The van der Waals surface area contributed by atoms with E-state index in [1.165, 1.54) is 29.6 Å². The molecule has 3 aromatic rings. The van der Waals surface area contributed by atoms with Crippen LogP contribution in [0.25, 0.3) is 0 Å². The van der Waals surface area contributed by atoms with E-state index in [1.807, 2.05) is 88.4 Å². The Morgan fingerprint density at radius 1 is 0.804 bits per heavy atom. The van der Waals surface area contributed by atoms with Gasteiger partial charge in [-0.15, -0.1) is 0 Å². The molecule has 304 valence electrons. The van der Waals surface area contributed by atoms with Gasteiger partial charge in [-0.1, -0.05) is 81.4 Å². The van der Waals surface area contributed by atoms with Crippen LogP contribution >= 0.6 is 0 Å². The lowest BCUT2D eigenvalue weighted by molar-refractivity contribution is -0.130. The summed E-state index contributed by atoms with van der Waals surface area (Å²) in [5.74, 6) is -1.33. The van der Waals surface area contributed by atoms with Crippen molar-refractivity contribution in [2.24, 2.45) is 11.8 Å². The number of piperidine rings is 1. The monoisotopic (exact) mass is 789 g/mol. The molecule has 13 nitrogen and oxygen atoms in total.